The summed E-state index contributed by atoms with van der Waals surface area (Å²) in [7, 11) is -2.21. The van der Waals surface area contributed by atoms with Gasteiger partial charge in [0.1, 0.15) is 12.4 Å². The summed E-state index contributed by atoms with van der Waals surface area (Å²) in [4.78, 5) is 11.9. The largest absolute Gasteiger partial charge is 0.383 e. The summed E-state index contributed by atoms with van der Waals surface area (Å²) >= 11 is 0. The minimum atomic E-state index is -3.70. The minimum absolute atomic E-state index is 0.104. The van der Waals surface area contributed by atoms with Gasteiger partial charge in [-0.2, -0.15) is 0 Å². The fourth-order valence-corrected chi connectivity index (χ4v) is 2.62. The highest BCUT2D eigenvalue weighted by molar-refractivity contribution is 7.92. The van der Waals surface area contributed by atoms with E-state index in [1.807, 2.05) is 0 Å². The van der Waals surface area contributed by atoms with Gasteiger partial charge in [0, 0.05) is 13.2 Å². The van der Waals surface area contributed by atoms with Crippen LogP contribution >= 0.6 is 0 Å². The lowest BCUT2D eigenvalue weighted by Crippen LogP contribution is -2.44. The average Bonchev–Trinajstić information content (AvgIpc) is 2.34. The second kappa shape index (κ2) is 7.37. The molecule has 21 heavy (non-hydrogen) atoms. The van der Waals surface area contributed by atoms with Gasteiger partial charge >= 0.3 is 0 Å². The highest BCUT2D eigenvalue weighted by atomic mass is 32.2. The fraction of sp³-hybridized carbons (Fsp3) is 0.462. The van der Waals surface area contributed by atoms with Crippen molar-refractivity contribution in [2.45, 2.75) is 13.0 Å². The van der Waals surface area contributed by atoms with Crippen LogP contribution in [0.15, 0.2) is 24.3 Å². The molecule has 0 unspecified atom stereocenters. The number of carbonyl (C=O) groups excluding carboxylic acids is 1. The van der Waals surface area contributed by atoms with Crippen molar-refractivity contribution in [3.8, 4) is 0 Å². The lowest BCUT2D eigenvalue weighted by Gasteiger charge is -2.23. The maximum absolute atomic E-state index is 13.2. The molecule has 0 aliphatic carbocycles. The van der Waals surface area contributed by atoms with Gasteiger partial charge in [0.2, 0.25) is 15.9 Å². The molecule has 0 bridgehead atoms. The van der Waals surface area contributed by atoms with Gasteiger partial charge in [0.15, 0.2) is 0 Å². The van der Waals surface area contributed by atoms with E-state index in [9.17, 15) is 17.6 Å². The zero-order chi connectivity index (χ0) is 16.0. The van der Waals surface area contributed by atoms with E-state index >= 15 is 0 Å². The maximum atomic E-state index is 13.2. The Kier molecular flexibility index (Phi) is 6.10. The summed E-state index contributed by atoms with van der Waals surface area (Å²) < 4.78 is 42.5. The van der Waals surface area contributed by atoms with Crippen LogP contribution in [0.4, 0.5) is 10.1 Å². The van der Waals surface area contributed by atoms with Crippen molar-refractivity contribution in [1.29, 1.82) is 0 Å². The number of hydrogen-bond donors (Lipinski definition) is 1. The molecule has 1 amide bonds. The van der Waals surface area contributed by atoms with Gasteiger partial charge in [0.25, 0.3) is 0 Å². The van der Waals surface area contributed by atoms with Crippen LogP contribution in [0, 0.1) is 5.82 Å². The van der Waals surface area contributed by atoms with Gasteiger partial charge in [-0.3, -0.25) is 9.10 Å². The van der Waals surface area contributed by atoms with Gasteiger partial charge < -0.3 is 10.1 Å². The second-order valence-electron chi connectivity index (χ2n) is 4.67. The quantitative estimate of drug-likeness (QED) is 0.805. The number of methoxy groups -OCH3 is 1. The van der Waals surface area contributed by atoms with E-state index in [1.54, 1.807) is 6.92 Å². The highest BCUT2D eigenvalue weighted by Crippen LogP contribution is 2.18. The maximum Gasteiger partial charge on any atom is 0.241 e. The van der Waals surface area contributed by atoms with Crippen LogP contribution in [-0.4, -0.2) is 46.9 Å². The van der Waals surface area contributed by atoms with Gasteiger partial charge in [-0.25, -0.2) is 12.8 Å². The third-order valence-electron chi connectivity index (χ3n) is 2.61. The number of sulfonamides is 1. The molecule has 1 N–H and O–H groups in total. The number of carbonyl (C=O) groups is 1. The van der Waals surface area contributed by atoms with Crippen LogP contribution in [0.1, 0.15) is 6.92 Å². The number of amides is 1. The first kappa shape index (κ1) is 17.4. The van der Waals surface area contributed by atoms with E-state index in [2.05, 4.69) is 5.32 Å². The zero-order valence-corrected chi connectivity index (χ0v) is 13.0. The second-order valence-corrected chi connectivity index (χ2v) is 6.58. The summed E-state index contributed by atoms with van der Waals surface area (Å²) in [5.74, 6) is -1.07. The number of halogens is 1. The summed E-state index contributed by atoms with van der Waals surface area (Å²) in [6.45, 7) is 1.62. The molecule has 0 spiro atoms. The standard InChI is InChI=1S/C13H19FN2O4S/c1-10(9-20-2)15-13(17)8-16(21(3,18)19)12-6-4-5-11(14)7-12/h4-7,10H,8-9H2,1-3H3,(H,15,17)/t10-/m0/s1. The van der Waals surface area contributed by atoms with Crippen molar-refractivity contribution in [2.24, 2.45) is 0 Å². The van der Waals surface area contributed by atoms with Crippen molar-refractivity contribution in [1.82, 2.24) is 5.32 Å². The topological polar surface area (TPSA) is 75.7 Å². The molecule has 0 fully saturated rings. The smallest absolute Gasteiger partial charge is 0.241 e. The molecule has 118 valence electrons. The lowest BCUT2D eigenvalue weighted by molar-refractivity contribution is -0.120. The SMILES string of the molecule is COC[C@H](C)NC(=O)CN(c1cccc(F)c1)S(C)(=O)=O. The van der Waals surface area contributed by atoms with Crippen molar-refractivity contribution in [3.05, 3.63) is 30.1 Å². The summed E-state index contributed by atoms with van der Waals surface area (Å²) in [6.07, 6.45) is 0.962. The number of anilines is 1. The van der Waals surface area contributed by atoms with Crippen LogP contribution in [0.3, 0.4) is 0 Å². The van der Waals surface area contributed by atoms with Crippen molar-refractivity contribution >= 4 is 21.6 Å². The van der Waals surface area contributed by atoms with Gasteiger partial charge in [0.05, 0.1) is 18.6 Å². The van der Waals surface area contributed by atoms with Crippen LogP contribution < -0.4 is 9.62 Å². The predicted octanol–water partition coefficient (Wildman–Crippen LogP) is 0.743. The number of nitrogens with one attached hydrogen (secondary N) is 1. The molecule has 0 saturated heterocycles. The normalized spacial score (nSPS) is 12.8. The monoisotopic (exact) mass is 318 g/mol. The Balaban J connectivity index is 2.89. The molecule has 1 rings (SSSR count). The molecule has 1 atom stereocenters. The van der Waals surface area contributed by atoms with E-state index in [0.717, 1.165) is 16.6 Å². The molecule has 0 aliphatic rings. The Labute approximate surface area is 123 Å². The average molecular weight is 318 g/mol. The van der Waals surface area contributed by atoms with E-state index in [1.165, 1.54) is 25.3 Å². The van der Waals surface area contributed by atoms with Crippen molar-refractivity contribution < 1.29 is 22.3 Å². The first-order valence-electron chi connectivity index (χ1n) is 6.25. The van der Waals surface area contributed by atoms with Crippen LogP contribution in [0.2, 0.25) is 0 Å². The van der Waals surface area contributed by atoms with E-state index in [4.69, 9.17) is 4.74 Å². The fourth-order valence-electron chi connectivity index (χ4n) is 1.77. The highest BCUT2D eigenvalue weighted by Gasteiger charge is 2.21. The molecule has 8 heteroatoms. The summed E-state index contributed by atoms with van der Waals surface area (Å²) in [5.41, 5.74) is 0.104. The minimum Gasteiger partial charge on any atom is -0.383 e. The van der Waals surface area contributed by atoms with Crippen molar-refractivity contribution in [3.63, 3.8) is 0 Å². The Morgan fingerprint density at radius 2 is 2.14 bits per heavy atom. The Morgan fingerprint density at radius 1 is 1.48 bits per heavy atom. The number of hydrogen-bond acceptors (Lipinski definition) is 4. The van der Waals surface area contributed by atoms with Gasteiger partial charge in [-0.05, 0) is 25.1 Å². The van der Waals surface area contributed by atoms with E-state index < -0.39 is 28.3 Å². The summed E-state index contributed by atoms with van der Waals surface area (Å²) in [6, 6.07) is 4.82. The molecule has 1 aromatic carbocycles. The first-order chi connectivity index (χ1) is 9.74. The van der Waals surface area contributed by atoms with Crippen LogP contribution in [0.5, 0.6) is 0 Å². The number of rotatable bonds is 7. The Hall–Kier alpha value is -1.67. The molecular weight excluding hydrogens is 299 g/mol. The summed E-state index contributed by atoms with van der Waals surface area (Å²) in [5, 5.41) is 2.60. The predicted molar refractivity (Wildman–Crippen MR) is 78.1 cm³/mol. The van der Waals surface area contributed by atoms with Gasteiger partial charge in [-0.15, -0.1) is 0 Å². The van der Waals surface area contributed by atoms with E-state index in [0.29, 0.717) is 6.61 Å². The number of nitrogens with zero attached hydrogens (tertiary/aromatic N) is 1. The molecule has 0 aliphatic heterocycles. The first-order valence-corrected chi connectivity index (χ1v) is 8.10. The van der Waals surface area contributed by atoms with Crippen LogP contribution in [-0.2, 0) is 19.6 Å². The molecule has 0 saturated carbocycles. The van der Waals surface area contributed by atoms with E-state index in [-0.39, 0.29) is 11.7 Å². The van der Waals surface area contributed by atoms with Gasteiger partial charge in [-0.1, -0.05) is 6.07 Å². The molecule has 0 heterocycles. The Morgan fingerprint density at radius 3 is 2.67 bits per heavy atom. The number of benzene rings is 1. The molecule has 0 radical (unpaired) electrons. The molecule has 0 aromatic heterocycles. The number of ether oxygens (including phenoxy) is 1. The Bertz CT molecular complexity index is 592. The molecular formula is C13H19FN2O4S. The lowest BCUT2D eigenvalue weighted by atomic mass is 10.3. The third-order valence-corrected chi connectivity index (χ3v) is 3.75. The van der Waals surface area contributed by atoms with Crippen LogP contribution in [0.25, 0.3) is 0 Å². The molecule has 6 nitrogen and oxygen atoms in total. The third kappa shape index (κ3) is 5.68. The van der Waals surface area contributed by atoms with Crippen molar-refractivity contribution in [2.75, 3.05) is 30.8 Å². The zero-order valence-electron chi connectivity index (χ0n) is 12.2. The molecule has 1 aromatic rings.